The lowest BCUT2D eigenvalue weighted by atomic mass is 9.86. The number of aryl methyl sites for hydroxylation is 1. The molecule has 1 N–H and O–H groups in total. The third kappa shape index (κ3) is 2.88. The molecule has 2 aliphatic heterocycles. The Hall–Kier alpha value is -3.06. The molecular formula is C21H20N2O5. The molecule has 3 heterocycles. The molecule has 28 heavy (non-hydrogen) atoms. The van der Waals surface area contributed by atoms with Crippen LogP contribution in [0.5, 0.6) is 11.5 Å². The molecule has 1 fully saturated rings. The summed E-state index contributed by atoms with van der Waals surface area (Å²) >= 11 is 0. The van der Waals surface area contributed by atoms with Gasteiger partial charge in [-0.2, -0.15) is 0 Å². The normalized spacial score (nSPS) is 21.3. The SMILES string of the molecule is Cc1nc2ccc(C(=O)N3CC[C@@H](c4ccc5c(c4)OCO5)[C@H](O)C3)cc2o1. The molecule has 2 aromatic carbocycles. The molecule has 1 aromatic heterocycles. The topological polar surface area (TPSA) is 85.0 Å². The van der Waals surface area contributed by atoms with Gasteiger partial charge in [0, 0.05) is 31.5 Å². The third-order valence-electron chi connectivity index (χ3n) is 5.44. The summed E-state index contributed by atoms with van der Waals surface area (Å²) < 4.78 is 16.3. The zero-order valence-corrected chi connectivity index (χ0v) is 15.4. The van der Waals surface area contributed by atoms with Gasteiger partial charge in [0.1, 0.15) is 5.52 Å². The van der Waals surface area contributed by atoms with Crippen molar-refractivity contribution in [2.24, 2.45) is 0 Å². The summed E-state index contributed by atoms with van der Waals surface area (Å²) in [5.74, 6) is 1.85. The number of β-amino-alcohol motifs (C(OH)–C–C–N with tert-alkyl or cyclic N) is 1. The summed E-state index contributed by atoms with van der Waals surface area (Å²) in [6.45, 7) is 2.86. The Kier molecular flexibility index (Phi) is 3.98. The Bertz CT molecular complexity index is 1060. The van der Waals surface area contributed by atoms with E-state index in [1.807, 2.05) is 18.2 Å². The van der Waals surface area contributed by atoms with Gasteiger partial charge in [0.05, 0.1) is 6.10 Å². The second kappa shape index (κ2) is 6.53. The maximum atomic E-state index is 12.9. The van der Waals surface area contributed by atoms with E-state index in [-0.39, 0.29) is 25.2 Å². The summed E-state index contributed by atoms with van der Waals surface area (Å²) in [7, 11) is 0. The van der Waals surface area contributed by atoms with Crippen LogP contribution in [0.2, 0.25) is 0 Å². The van der Waals surface area contributed by atoms with Crippen LogP contribution in [-0.2, 0) is 0 Å². The number of nitrogens with zero attached hydrogens (tertiary/aromatic N) is 2. The number of aromatic nitrogens is 1. The summed E-state index contributed by atoms with van der Waals surface area (Å²) in [5, 5.41) is 10.7. The minimum absolute atomic E-state index is 0.0436. The fourth-order valence-electron chi connectivity index (χ4n) is 4.00. The van der Waals surface area contributed by atoms with E-state index in [4.69, 9.17) is 13.9 Å². The fraction of sp³-hybridized carbons (Fsp3) is 0.333. The number of aliphatic hydroxyl groups excluding tert-OH is 1. The van der Waals surface area contributed by atoms with Crippen LogP contribution in [0, 0.1) is 6.92 Å². The molecule has 7 heteroatoms. The molecule has 2 aliphatic rings. The van der Waals surface area contributed by atoms with Gasteiger partial charge in [-0.25, -0.2) is 4.98 Å². The summed E-state index contributed by atoms with van der Waals surface area (Å²) in [4.78, 5) is 18.9. The van der Waals surface area contributed by atoms with Crippen LogP contribution >= 0.6 is 0 Å². The number of hydrogen-bond donors (Lipinski definition) is 1. The van der Waals surface area contributed by atoms with Gasteiger partial charge >= 0.3 is 0 Å². The second-order valence-electron chi connectivity index (χ2n) is 7.24. The maximum absolute atomic E-state index is 12.9. The van der Waals surface area contributed by atoms with Crippen molar-refractivity contribution < 1.29 is 23.8 Å². The van der Waals surface area contributed by atoms with Crippen molar-refractivity contribution in [2.75, 3.05) is 19.9 Å². The lowest BCUT2D eigenvalue weighted by Gasteiger charge is -2.36. The quantitative estimate of drug-likeness (QED) is 0.736. The summed E-state index contributed by atoms with van der Waals surface area (Å²) in [6.07, 6.45) is 0.0327. The number of piperidine rings is 1. The van der Waals surface area contributed by atoms with Gasteiger partial charge in [0.15, 0.2) is 23.0 Å². The lowest BCUT2D eigenvalue weighted by Crippen LogP contribution is -2.45. The highest BCUT2D eigenvalue weighted by atomic mass is 16.7. The molecular weight excluding hydrogens is 360 g/mol. The van der Waals surface area contributed by atoms with Gasteiger partial charge in [0.25, 0.3) is 5.91 Å². The van der Waals surface area contributed by atoms with Gasteiger partial charge in [-0.05, 0) is 42.3 Å². The van der Waals surface area contributed by atoms with Gasteiger partial charge in [-0.3, -0.25) is 4.79 Å². The molecule has 0 spiro atoms. The number of carbonyl (C=O) groups is 1. The molecule has 5 rings (SSSR count). The zero-order chi connectivity index (χ0) is 19.3. The average molecular weight is 380 g/mol. The Morgan fingerprint density at radius 2 is 2.04 bits per heavy atom. The number of rotatable bonds is 2. The number of likely N-dealkylation sites (tertiary alicyclic amines) is 1. The Morgan fingerprint density at radius 1 is 1.18 bits per heavy atom. The number of oxazole rings is 1. The minimum Gasteiger partial charge on any atom is -0.454 e. The van der Waals surface area contributed by atoms with Crippen molar-refractivity contribution >= 4 is 17.0 Å². The first-order chi connectivity index (χ1) is 13.6. The van der Waals surface area contributed by atoms with E-state index in [1.54, 1.807) is 30.0 Å². The van der Waals surface area contributed by atoms with Crippen LogP contribution in [0.4, 0.5) is 0 Å². The van der Waals surface area contributed by atoms with Gasteiger partial charge in [0.2, 0.25) is 6.79 Å². The first-order valence-corrected chi connectivity index (χ1v) is 9.32. The average Bonchev–Trinajstić information content (AvgIpc) is 3.31. The van der Waals surface area contributed by atoms with E-state index in [1.165, 1.54) is 0 Å². The largest absolute Gasteiger partial charge is 0.454 e. The molecule has 144 valence electrons. The molecule has 7 nitrogen and oxygen atoms in total. The number of fused-ring (bicyclic) bond motifs is 2. The van der Waals surface area contributed by atoms with E-state index in [0.29, 0.717) is 35.8 Å². The Morgan fingerprint density at radius 3 is 2.89 bits per heavy atom. The first-order valence-electron chi connectivity index (χ1n) is 9.32. The molecule has 0 unspecified atom stereocenters. The number of hydrogen-bond acceptors (Lipinski definition) is 6. The van der Waals surface area contributed by atoms with Crippen LogP contribution in [0.25, 0.3) is 11.1 Å². The number of carbonyl (C=O) groups excluding carboxylic acids is 1. The van der Waals surface area contributed by atoms with Crippen molar-refractivity contribution in [1.29, 1.82) is 0 Å². The van der Waals surface area contributed by atoms with Crippen LogP contribution in [0.1, 0.15) is 34.2 Å². The van der Waals surface area contributed by atoms with Crippen molar-refractivity contribution in [3.63, 3.8) is 0 Å². The van der Waals surface area contributed by atoms with Crippen molar-refractivity contribution in [3.05, 3.63) is 53.4 Å². The van der Waals surface area contributed by atoms with E-state index in [9.17, 15) is 9.90 Å². The number of benzene rings is 2. The number of amides is 1. The highest BCUT2D eigenvalue weighted by Gasteiger charge is 2.32. The standard InChI is InChI=1S/C21H20N2O5/c1-12-22-16-4-2-14(9-19(16)28-12)21(25)23-7-6-15(17(24)10-23)13-3-5-18-20(8-13)27-11-26-18/h2-5,8-9,15,17,24H,6-7,10-11H2,1H3/t15-,17+/m0/s1. The van der Waals surface area contributed by atoms with Crippen molar-refractivity contribution in [3.8, 4) is 11.5 Å². The predicted molar refractivity (Wildman–Crippen MR) is 101 cm³/mol. The monoisotopic (exact) mass is 380 g/mol. The third-order valence-corrected chi connectivity index (χ3v) is 5.44. The van der Waals surface area contributed by atoms with Crippen LogP contribution in [0.3, 0.4) is 0 Å². The Labute approximate surface area is 161 Å². The molecule has 3 aromatic rings. The maximum Gasteiger partial charge on any atom is 0.254 e. The van der Waals surface area contributed by atoms with E-state index < -0.39 is 6.10 Å². The van der Waals surface area contributed by atoms with E-state index in [0.717, 1.165) is 16.8 Å². The molecule has 0 bridgehead atoms. The number of ether oxygens (including phenoxy) is 2. The molecule has 0 aliphatic carbocycles. The molecule has 1 saturated heterocycles. The molecule has 1 amide bonds. The fourth-order valence-corrected chi connectivity index (χ4v) is 4.00. The van der Waals surface area contributed by atoms with Gasteiger partial charge < -0.3 is 23.9 Å². The van der Waals surface area contributed by atoms with Crippen LogP contribution < -0.4 is 9.47 Å². The molecule has 0 saturated carbocycles. The summed E-state index contributed by atoms with van der Waals surface area (Å²) in [6, 6.07) is 11.0. The zero-order valence-electron chi connectivity index (χ0n) is 15.4. The molecule has 2 atom stereocenters. The molecule has 0 radical (unpaired) electrons. The van der Waals surface area contributed by atoms with E-state index in [2.05, 4.69) is 4.98 Å². The van der Waals surface area contributed by atoms with E-state index >= 15 is 0 Å². The van der Waals surface area contributed by atoms with Crippen LogP contribution in [-0.4, -0.2) is 46.9 Å². The number of aliphatic hydroxyl groups is 1. The first kappa shape index (κ1) is 17.1. The van der Waals surface area contributed by atoms with Crippen LogP contribution in [0.15, 0.2) is 40.8 Å². The van der Waals surface area contributed by atoms with Gasteiger partial charge in [-0.1, -0.05) is 6.07 Å². The minimum atomic E-state index is -0.644. The summed E-state index contributed by atoms with van der Waals surface area (Å²) in [5.41, 5.74) is 2.87. The second-order valence-corrected chi connectivity index (χ2v) is 7.24. The highest BCUT2D eigenvalue weighted by molar-refractivity contribution is 5.97. The van der Waals surface area contributed by atoms with Gasteiger partial charge in [-0.15, -0.1) is 0 Å². The smallest absolute Gasteiger partial charge is 0.254 e. The van der Waals surface area contributed by atoms with Crippen molar-refractivity contribution in [1.82, 2.24) is 9.88 Å². The predicted octanol–water partition coefficient (Wildman–Crippen LogP) is 2.86. The lowest BCUT2D eigenvalue weighted by molar-refractivity contribution is 0.0382. The highest BCUT2D eigenvalue weighted by Crippen LogP contribution is 2.37. The van der Waals surface area contributed by atoms with Crippen molar-refractivity contribution in [2.45, 2.75) is 25.4 Å². The Balaban J connectivity index is 1.32.